The topological polar surface area (TPSA) is 32.3 Å². The molecule has 0 radical (unpaired) electrons. The van der Waals surface area contributed by atoms with Crippen LogP contribution in [-0.2, 0) is 0 Å². The Labute approximate surface area is 84.3 Å². The number of aliphatic hydroxyl groups is 1. The molecule has 1 aliphatic heterocycles. The van der Waals surface area contributed by atoms with E-state index in [0.29, 0.717) is 5.92 Å². The normalized spacial score (nSPS) is 21.8. The fraction of sp³-hybridized carbons (Fsp3) is 0.333. The van der Waals surface area contributed by atoms with Crippen molar-refractivity contribution < 1.29 is 5.11 Å². The number of hydrogen-bond donors (Lipinski definition) is 2. The number of benzene rings is 1. The number of rotatable bonds is 2. The third-order valence-electron chi connectivity index (χ3n) is 2.69. The van der Waals surface area contributed by atoms with Gasteiger partial charge in [0.1, 0.15) is 0 Å². The molecule has 1 aromatic carbocycles. The van der Waals surface area contributed by atoms with Crippen LogP contribution in [0, 0.1) is 0 Å². The Bertz CT molecular complexity index is 318. The lowest BCUT2D eigenvalue weighted by molar-refractivity contribution is 0.318. The molecule has 2 heteroatoms. The molecule has 2 N–H and O–H groups in total. The van der Waals surface area contributed by atoms with E-state index in [1.165, 1.54) is 5.56 Å². The maximum atomic E-state index is 9.23. The van der Waals surface area contributed by atoms with Crippen molar-refractivity contribution >= 4 is 0 Å². The van der Waals surface area contributed by atoms with E-state index in [9.17, 15) is 5.11 Å². The summed E-state index contributed by atoms with van der Waals surface area (Å²) in [5.74, 6) is 0.343. The molecule has 0 fully saturated rings. The van der Waals surface area contributed by atoms with Crippen molar-refractivity contribution in [1.29, 1.82) is 0 Å². The predicted octanol–water partition coefficient (Wildman–Crippen LogP) is 1.29. The van der Waals surface area contributed by atoms with Gasteiger partial charge in [0.2, 0.25) is 0 Å². The zero-order valence-electron chi connectivity index (χ0n) is 8.11. The molecule has 1 aromatic rings. The predicted molar refractivity (Wildman–Crippen MR) is 57.2 cm³/mol. The second-order valence-corrected chi connectivity index (χ2v) is 3.56. The minimum absolute atomic E-state index is 0.168. The van der Waals surface area contributed by atoms with Crippen LogP contribution < -0.4 is 5.32 Å². The molecule has 14 heavy (non-hydrogen) atoms. The Balaban J connectivity index is 2.25. The summed E-state index contributed by atoms with van der Waals surface area (Å²) >= 11 is 0. The largest absolute Gasteiger partial charge is 0.392 e. The molecule has 0 spiro atoms. The van der Waals surface area contributed by atoms with E-state index in [0.717, 1.165) is 18.7 Å². The molecule has 2 nitrogen and oxygen atoms in total. The average Bonchev–Trinajstić information content (AvgIpc) is 2.30. The van der Waals surface area contributed by atoms with Crippen LogP contribution in [-0.4, -0.2) is 24.8 Å². The van der Waals surface area contributed by atoms with Crippen molar-refractivity contribution in [3.8, 4) is 0 Å². The van der Waals surface area contributed by atoms with Crippen molar-refractivity contribution in [2.75, 3.05) is 19.7 Å². The Morgan fingerprint density at radius 2 is 2.07 bits per heavy atom. The van der Waals surface area contributed by atoms with Crippen LogP contribution in [0.15, 0.2) is 42.0 Å². The second-order valence-electron chi connectivity index (χ2n) is 3.56. The summed E-state index contributed by atoms with van der Waals surface area (Å²) in [5, 5.41) is 12.5. The van der Waals surface area contributed by atoms with Crippen molar-refractivity contribution in [3.05, 3.63) is 47.5 Å². The van der Waals surface area contributed by atoms with Gasteiger partial charge in [0.05, 0.1) is 6.61 Å². The van der Waals surface area contributed by atoms with Crippen LogP contribution in [0.1, 0.15) is 11.5 Å². The zero-order chi connectivity index (χ0) is 9.80. The van der Waals surface area contributed by atoms with Gasteiger partial charge in [0.15, 0.2) is 0 Å². The summed E-state index contributed by atoms with van der Waals surface area (Å²) in [5.41, 5.74) is 2.41. The molecule has 1 heterocycles. The van der Waals surface area contributed by atoms with Gasteiger partial charge >= 0.3 is 0 Å². The molecule has 1 atom stereocenters. The average molecular weight is 189 g/mol. The standard InChI is InChI=1S/C12H15NO/c14-9-11-6-7-13-8-12(11)10-4-2-1-3-5-10/h1-6,12-14H,7-9H2. The van der Waals surface area contributed by atoms with Gasteiger partial charge in [-0.1, -0.05) is 36.4 Å². The van der Waals surface area contributed by atoms with Crippen molar-refractivity contribution in [2.45, 2.75) is 5.92 Å². The van der Waals surface area contributed by atoms with Gasteiger partial charge in [-0.25, -0.2) is 0 Å². The van der Waals surface area contributed by atoms with E-state index in [4.69, 9.17) is 0 Å². The first kappa shape index (κ1) is 9.44. The molecule has 1 unspecified atom stereocenters. The smallest absolute Gasteiger partial charge is 0.0648 e. The maximum absolute atomic E-state index is 9.23. The van der Waals surface area contributed by atoms with Gasteiger partial charge in [-0.2, -0.15) is 0 Å². The molecule has 0 aliphatic carbocycles. The van der Waals surface area contributed by atoms with Crippen LogP contribution >= 0.6 is 0 Å². The molecule has 2 rings (SSSR count). The summed E-state index contributed by atoms with van der Waals surface area (Å²) < 4.78 is 0. The second kappa shape index (κ2) is 4.40. The molecule has 0 saturated carbocycles. The fourth-order valence-electron chi connectivity index (χ4n) is 1.90. The Kier molecular flexibility index (Phi) is 2.96. The van der Waals surface area contributed by atoms with E-state index >= 15 is 0 Å². The fourth-order valence-corrected chi connectivity index (χ4v) is 1.90. The minimum atomic E-state index is 0.168. The third-order valence-corrected chi connectivity index (χ3v) is 2.69. The van der Waals surface area contributed by atoms with Crippen LogP contribution in [0.4, 0.5) is 0 Å². The highest BCUT2D eigenvalue weighted by Gasteiger charge is 2.17. The Hall–Kier alpha value is -1.12. The zero-order valence-corrected chi connectivity index (χ0v) is 8.11. The lowest BCUT2D eigenvalue weighted by Gasteiger charge is -2.24. The van der Waals surface area contributed by atoms with Gasteiger partial charge in [-0.15, -0.1) is 0 Å². The lowest BCUT2D eigenvalue weighted by Crippen LogP contribution is -2.29. The first-order chi connectivity index (χ1) is 6.92. The SMILES string of the molecule is OCC1=CCNCC1c1ccccc1. The van der Waals surface area contributed by atoms with E-state index in [-0.39, 0.29) is 6.61 Å². The van der Waals surface area contributed by atoms with Gasteiger partial charge in [0, 0.05) is 19.0 Å². The maximum Gasteiger partial charge on any atom is 0.0648 e. The number of hydrogen-bond acceptors (Lipinski definition) is 2. The summed E-state index contributed by atoms with van der Waals surface area (Å²) in [6, 6.07) is 10.3. The van der Waals surface area contributed by atoms with Gasteiger partial charge in [0.25, 0.3) is 0 Å². The Morgan fingerprint density at radius 3 is 2.79 bits per heavy atom. The number of nitrogens with one attached hydrogen (secondary N) is 1. The van der Waals surface area contributed by atoms with Crippen LogP contribution in [0.5, 0.6) is 0 Å². The summed E-state index contributed by atoms with van der Waals surface area (Å²) in [6.45, 7) is 1.97. The molecule has 74 valence electrons. The van der Waals surface area contributed by atoms with Crippen molar-refractivity contribution in [3.63, 3.8) is 0 Å². The molecule has 0 saturated heterocycles. The van der Waals surface area contributed by atoms with Crippen LogP contribution in [0.25, 0.3) is 0 Å². The highest BCUT2D eigenvalue weighted by atomic mass is 16.3. The highest BCUT2D eigenvalue weighted by Crippen LogP contribution is 2.24. The van der Waals surface area contributed by atoms with E-state index in [1.54, 1.807) is 0 Å². The van der Waals surface area contributed by atoms with E-state index in [2.05, 4.69) is 23.5 Å². The highest BCUT2D eigenvalue weighted by molar-refractivity contribution is 5.31. The molecule has 0 amide bonds. The number of aliphatic hydroxyl groups excluding tert-OH is 1. The van der Waals surface area contributed by atoms with E-state index in [1.807, 2.05) is 18.2 Å². The molecule has 1 aliphatic rings. The van der Waals surface area contributed by atoms with Crippen LogP contribution in [0.3, 0.4) is 0 Å². The Morgan fingerprint density at radius 1 is 1.29 bits per heavy atom. The van der Waals surface area contributed by atoms with Crippen molar-refractivity contribution in [1.82, 2.24) is 5.32 Å². The summed E-state index contributed by atoms with van der Waals surface area (Å²) in [4.78, 5) is 0. The van der Waals surface area contributed by atoms with Gasteiger partial charge in [-0.05, 0) is 11.1 Å². The summed E-state index contributed by atoms with van der Waals surface area (Å²) in [6.07, 6.45) is 2.08. The third kappa shape index (κ3) is 1.86. The van der Waals surface area contributed by atoms with Gasteiger partial charge in [-0.3, -0.25) is 0 Å². The quantitative estimate of drug-likeness (QED) is 0.687. The van der Waals surface area contributed by atoms with Crippen LogP contribution in [0.2, 0.25) is 0 Å². The lowest BCUT2D eigenvalue weighted by atomic mass is 9.89. The molecular weight excluding hydrogens is 174 g/mol. The van der Waals surface area contributed by atoms with Gasteiger partial charge < -0.3 is 10.4 Å². The molecular formula is C12H15NO. The molecule has 0 aromatic heterocycles. The molecule has 0 bridgehead atoms. The minimum Gasteiger partial charge on any atom is -0.392 e. The monoisotopic (exact) mass is 189 g/mol. The first-order valence-corrected chi connectivity index (χ1v) is 4.97. The first-order valence-electron chi connectivity index (χ1n) is 4.97. The van der Waals surface area contributed by atoms with Crippen molar-refractivity contribution in [2.24, 2.45) is 0 Å². The van der Waals surface area contributed by atoms with E-state index < -0.39 is 0 Å². The summed E-state index contributed by atoms with van der Waals surface area (Å²) in [7, 11) is 0.